The average molecular weight is 383 g/mol. The van der Waals surface area contributed by atoms with Crippen molar-refractivity contribution in [3.05, 3.63) is 51.5 Å². The van der Waals surface area contributed by atoms with E-state index in [0.717, 1.165) is 38.2 Å². The highest BCUT2D eigenvalue weighted by molar-refractivity contribution is 7.10. The molecule has 0 N–H and O–H groups in total. The van der Waals surface area contributed by atoms with Gasteiger partial charge in [-0.1, -0.05) is 6.07 Å². The topological polar surface area (TPSA) is 15.7 Å². The van der Waals surface area contributed by atoms with Crippen molar-refractivity contribution in [3.8, 4) is 0 Å². The zero-order chi connectivity index (χ0) is 16.5. The van der Waals surface area contributed by atoms with Gasteiger partial charge in [-0.3, -0.25) is 4.90 Å². The molecule has 4 rings (SSSR count). The van der Waals surface area contributed by atoms with Crippen molar-refractivity contribution in [1.82, 2.24) is 4.90 Å². The first kappa shape index (κ1) is 18.6. The Morgan fingerprint density at radius 3 is 2.76 bits per heavy atom. The van der Waals surface area contributed by atoms with Gasteiger partial charge in [-0.2, -0.15) is 0 Å². The van der Waals surface area contributed by atoms with Crippen LogP contribution in [0.2, 0.25) is 0 Å². The minimum atomic E-state index is -0.115. The molecule has 2 aromatic rings. The third-order valence-electron chi connectivity index (χ3n) is 5.15. The van der Waals surface area contributed by atoms with Crippen LogP contribution < -0.4 is 4.90 Å². The van der Waals surface area contributed by atoms with Gasteiger partial charge >= 0.3 is 0 Å². The molecule has 0 saturated carbocycles. The van der Waals surface area contributed by atoms with E-state index in [0.29, 0.717) is 24.9 Å². The van der Waals surface area contributed by atoms with Crippen LogP contribution in [0.3, 0.4) is 0 Å². The molecule has 3 nitrogen and oxygen atoms in total. The number of benzene rings is 1. The number of morpholine rings is 1. The second kappa shape index (κ2) is 8.04. The number of halogens is 2. The Balaban J connectivity index is 0.00000182. The summed E-state index contributed by atoms with van der Waals surface area (Å²) in [4.78, 5) is 6.02. The lowest BCUT2D eigenvalue weighted by Gasteiger charge is -2.34. The molecule has 0 bridgehead atoms. The van der Waals surface area contributed by atoms with Crippen LogP contribution in [0, 0.1) is 5.82 Å². The molecule has 2 aliphatic heterocycles. The number of ether oxygens (including phenoxy) is 1. The molecule has 1 saturated heterocycles. The predicted octanol–water partition coefficient (Wildman–Crippen LogP) is 4.26. The molecule has 1 aromatic carbocycles. The van der Waals surface area contributed by atoms with Gasteiger partial charge in [-0.25, -0.2) is 4.39 Å². The Kier molecular flexibility index (Phi) is 6.00. The van der Waals surface area contributed by atoms with Crippen LogP contribution >= 0.6 is 23.7 Å². The van der Waals surface area contributed by atoms with Crippen molar-refractivity contribution in [2.24, 2.45) is 0 Å². The Hall–Kier alpha value is -1.14. The van der Waals surface area contributed by atoms with Crippen LogP contribution in [0.4, 0.5) is 10.1 Å². The number of fused-ring (bicyclic) bond motifs is 1. The van der Waals surface area contributed by atoms with Crippen LogP contribution in [-0.2, 0) is 17.7 Å². The molecule has 1 unspecified atom stereocenters. The lowest BCUT2D eigenvalue weighted by Crippen LogP contribution is -2.36. The zero-order valence-electron chi connectivity index (χ0n) is 14.4. The Labute approximate surface area is 158 Å². The SMILES string of the molecule is CC1c2ccsc2CCN1Cc1ccc(N2CCOCC2)c(F)c1.Cl. The van der Waals surface area contributed by atoms with Crippen LogP contribution in [0.15, 0.2) is 29.6 Å². The number of hydrogen-bond acceptors (Lipinski definition) is 4. The number of hydrogen-bond donors (Lipinski definition) is 0. The minimum Gasteiger partial charge on any atom is -0.378 e. The van der Waals surface area contributed by atoms with Gasteiger partial charge in [-0.15, -0.1) is 23.7 Å². The summed E-state index contributed by atoms with van der Waals surface area (Å²) >= 11 is 1.86. The highest BCUT2D eigenvalue weighted by Crippen LogP contribution is 2.34. The highest BCUT2D eigenvalue weighted by atomic mass is 35.5. The summed E-state index contributed by atoms with van der Waals surface area (Å²) in [5.41, 5.74) is 3.19. The molecule has 3 heterocycles. The predicted molar refractivity (Wildman–Crippen MR) is 104 cm³/mol. The number of rotatable bonds is 3. The van der Waals surface area contributed by atoms with E-state index in [9.17, 15) is 4.39 Å². The molecule has 0 aliphatic carbocycles. The van der Waals surface area contributed by atoms with Crippen LogP contribution in [0.1, 0.15) is 29.0 Å². The molecule has 25 heavy (non-hydrogen) atoms. The first-order valence-electron chi connectivity index (χ1n) is 8.64. The van der Waals surface area contributed by atoms with Gasteiger partial charge in [0.25, 0.3) is 0 Å². The minimum absolute atomic E-state index is 0. The summed E-state index contributed by atoms with van der Waals surface area (Å²) in [6.07, 6.45) is 1.10. The van der Waals surface area contributed by atoms with E-state index in [1.807, 2.05) is 17.4 Å². The molecular formula is C19H24ClFN2OS. The maximum atomic E-state index is 14.6. The first-order valence-corrected chi connectivity index (χ1v) is 9.52. The van der Waals surface area contributed by atoms with Gasteiger partial charge < -0.3 is 9.64 Å². The van der Waals surface area contributed by atoms with Crippen LogP contribution in [-0.4, -0.2) is 37.7 Å². The smallest absolute Gasteiger partial charge is 0.146 e. The van der Waals surface area contributed by atoms with Crippen molar-refractivity contribution < 1.29 is 9.13 Å². The van der Waals surface area contributed by atoms with Crippen LogP contribution in [0.25, 0.3) is 0 Å². The normalized spacial score (nSPS) is 20.9. The van der Waals surface area contributed by atoms with Gasteiger partial charge in [0.1, 0.15) is 5.82 Å². The van der Waals surface area contributed by atoms with E-state index in [-0.39, 0.29) is 18.2 Å². The van der Waals surface area contributed by atoms with E-state index < -0.39 is 0 Å². The van der Waals surface area contributed by atoms with E-state index >= 15 is 0 Å². The fourth-order valence-electron chi connectivity index (χ4n) is 3.72. The van der Waals surface area contributed by atoms with Gasteiger partial charge in [0.15, 0.2) is 0 Å². The Morgan fingerprint density at radius 1 is 1.20 bits per heavy atom. The fraction of sp³-hybridized carbons (Fsp3) is 0.474. The quantitative estimate of drug-likeness (QED) is 0.788. The molecule has 1 atom stereocenters. The molecule has 0 radical (unpaired) electrons. The first-order chi connectivity index (χ1) is 11.7. The molecule has 1 aromatic heterocycles. The summed E-state index contributed by atoms with van der Waals surface area (Å²) in [6, 6.07) is 8.35. The molecule has 1 fully saturated rings. The van der Waals surface area contributed by atoms with Crippen LogP contribution in [0.5, 0.6) is 0 Å². The van der Waals surface area contributed by atoms with E-state index in [4.69, 9.17) is 4.74 Å². The summed E-state index contributed by atoms with van der Waals surface area (Å²) in [5, 5.41) is 2.18. The maximum absolute atomic E-state index is 14.6. The Morgan fingerprint density at radius 2 is 2.00 bits per heavy atom. The number of anilines is 1. The highest BCUT2D eigenvalue weighted by Gasteiger charge is 2.25. The summed E-state index contributed by atoms with van der Waals surface area (Å²) in [6.45, 7) is 6.98. The molecule has 6 heteroatoms. The lowest BCUT2D eigenvalue weighted by molar-refractivity contribution is 0.122. The fourth-order valence-corrected chi connectivity index (χ4v) is 4.68. The van der Waals surface area contributed by atoms with E-state index in [1.165, 1.54) is 10.4 Å². The van der Waals surface area contributed by atoms with E-state index in [2.05, 4.69) is 34.2 Å². The van der Waals surface area contributed by atoms with Gasteiger partial charge in [0.2, 0.25) is 0 Å². The largest absolute Gasteiger partial charge is 0.378 e. The summed E-state index contributed by atoms with van der Waals surface area (Å²) in [7, 11) is 0. The summed E-state index contributed by atoms with van der Waals surface area (Å²) in [5.74, 6) is -0.115. The molecule has 136 valence electrons. The summed E-state index contributed by atoms with van der Waals surface area (Å²) < 4.78 is 19.9. The van der Waals surface area contributed by atoms with Crippen molar-refractivity contribution >= 4 is 29.4 Å². The lowest BCUT2D eigenvalue weighted by atomic mass is 10.0. The second-order valence-electron chi connectivity index (χ2n) is 6.58. The van der Waals surface area contributed by atoms with Gasteiger partial charge in [0.05, 0.1) is 18.9 Å². The van der Waals surface area contributed by atoms with Crippen molar-refractivity contribution in [2.45, 2.75) is 25.9 Å². The zero-order valence-corrected chi connectivity index (χ0v) is 16.0. The standard InChI is InChI=1S/C19H23FN2OS.ClH/c1-14-16-5-11-24-19(16)4-6-22(14)13-15-2-3-18(17(20)12-15)21-7-9-23-10-8-21;/h2-3,5,11-12,14H,4,6-10,13H2,1H3;1H. The average Bonchev–Trinajstić information content (AvgIpc) is 3.08. The van der Waals surface area contributed by atoms with Gasteiger partial charge in [0, 0.05) is 37.1 Å². The molecule has 0 amide bonds. The van der Waals surface area contributed by atoms with Crippen molar-refractivity contribution in [1.29, 1.82) is 0 Å². The van der Waals surface area contributed by atoms with Crippen molar-refractivity contribution in [3.63, 3.8) is 0 Å². The maximum Gasteiger partial charge on any atom is 0.146 e. The second-order valence-corrected chi connectivity index (χ2v) is 7.58. The molecule has 2 aliphatic rings. The number of nitrogens with zero attached hydrogens (tertiary/aromatic N) is 2. The monoisotopic (exact) mass is 382 g/mol. The third kappa shape index (κ3) is 3.85. The molecule has 0 spiro atoms. The molecular weight excluding hydrogens is 359 g/mol. The van der Waals surface area contributed by atoms with Crippen molar-refractivity contribution in [2.75, 3.05) is 37.7 Å². The number of thiophene rings is 1. The Bertz CT molecular complexity index is 717. The van der Waals surface area contributed by atoms with E-state index in [1.54, 1.807) is 6.07 Å². The van der Waals surface area contributed by atoms with Gasteiger partial charge in [-0.05, 0) is 48.1 Å². The third-order valence-corrected chi connectivity index (χ3v) is 6.15.